The summed E-state index contributed by atoms with van der Waals surface area (Å²) < 4.78 is 5.07. The van der Waals surface area contributed by atoms with Crippen molar-refractivity contribution >= 4 is 29.3 Å². The smallest absolute Gasteiger partial charge is 0.308 e. The van der Waals surface area contributed by atoms with Crippen LogP contribution in [0.5, 0.6) is 0 Å². The molecule has 8 nitrogen and oxygen atoms in total. The van der Waals surface area contributed by atoms with Crippen molar-refractivity contribution in [2.45, 2.75) is 57.9 Å². The van der Waals surface area contributed by atoms with E-state index in [4.69, 9.17) is 9.72 Å². The van der Waals surface area contributed by atoms with Crippen LogP contribution in [0.25, 0.3) is 0 Å². The number of amides is 1. The van der Waals surface area contributed by atoms with Gasteiger partial charge >= 0.3 is 5.97 Å². The van der Waals surface area contributed by atoms with Gasteiger partial charge in [-0.25, -0.2) is 4.98 Å². The Balaban J connectivity index is 1.39. The number of aromatic nitrogens is 1. The Labute approximate surface area is 199 Å². The van der Waals surface area contributed by atoms with E-state index in [1.54, 1.807) is 11.8 Å². The van der Waals surface area contributed by atoms with Crippen LogP contribution in [0.3, 0.4) is 0 Å². The Kier molecular flexibility index (Phi) is 7.55. The monoisotopic (exact) mass is 465 g/mol. The van der Waals surface area contributed by atoms with Crippen LogP contribution in [0.2, 0.25) is 0 Å². The number of nitrogens with zero attached hydrogens (tertiary/aromatic N) is 2. The van der Waals surface area contributed by atoms with Gasteiger partial charge in [-0.2, -0.15) is 0 Å². The minimum absolute atomic E-state index is 0.0786. The molecule has 3 heterocycles. The molecule has 1 fully saturated rings. The molecule has 1 aromatic heterocycles. The molecule has 2 unspecified atom stereocenters. The second kappa shape index (κ2) is 10.8. The quantitative estimate of drug-likeness (QED) is 0.441. The maximum atomic E-state index is 13.3. The van der Waals surface area contributed by atoms with Crippen molar-refractivity contribution in [3.05, 3.63) is 47.2 Å². The molecule has 3 aliphatic rings. The molecule has 1 N–H and O–H groups in total. The number of carbonyl (C=O) groups excluding carboxylic acids is 4. The third kappa shape index (κ3) is 5.43. The number of aryl methyl sites for hydroxylation is 2. The lowest BCUT2D eigenvalue weighted by Crippen LogP contribution is -2.42. The van der Waals surface area contributed by atoms with Crippen molar-refractivity contribution in [3.8, 4) is 0 Å². The minimum Gasteiger partial charge on any atom is -0.466 e. The number of ether oxygens (including phenoxy) is 1. The van der Waals surface area contributed by atoms with Crippen molar-refractivity contribution in [3.63, 3.8) is 0 Å². The van der Waals surface area contributed by atoms with E-state index in [0.29, 0.717) is 19.4 Å². The van der Waals surface area contributed by atoms with Crippen LogP contribution < -0.4 is 5.32 Å². The standard InChI is InChI=1S/C26H31N3O5/c1-2-34-24(32)16-22(21-15-20(30)10-11-23(21)31)29-14-12-18(26(29)33)5-3-7-19-9-8-17-6-4-13-27-25(17)28-19/h8-11,15,18,22H,2-7,12-14,16H2,1H3,(H,27,28). The van der Waals surface area contributed by atoms with Crippen molar-refractivity contribution in [2.75, 3.05) is 25.0 Å². The average molecular weight is 466 g/mol. The first-order valence-corrected chi connectivity index (χ1v) is 12.1. The summed E-state index contributed by atoms with van der Waals surface area (Å²) in [5.74, 6) is -0.443. The van der Waals surface area contributed by atoms with Gasteiger partial charge < -0.3 is 15.0 Å². The summed E-state index contributed by atoms with van der Waals surface area (Å²) in [6.07, 6.45) is 8.64. The zero-order valence-electron chi connectivity index (χ0n) is 19.5. The summed E-state index contributed by atoms with van der Waals surface area (Å²) in [4.78, 5) is 56.2. The largest absolute Gasteiger partial charge is 0.466 e. The summed E-state index contributed by atoms with van der Waals surface area (Å²) in [7, 11) is 0. The van der Waals surface area contributed by atoms with Gasteiger partial charge in [0.2, 0.25) is 5.91 Å². The summed E-state index contributed by atoms with van der Waals surface area (Å²) in [5, 5.41) is 3.35. The first kappa shape index (κ1) is 23.9. The molecule has 0 bridgehead atoms. The van der Waals surface area contributed by atoms with Crippen molar-refractivity contribution < 1.29 is 23.9 Å². The summed E-state index contributed by atoms with van der Waals surface area (Å²) in [6, 6.07) is 3.42. The van der Waals surface area contributed by atoms with Crippen molar-refractivity contribution in [2.24, 2.45) is 5.92 Å². The van der Waals surface area contributed by atoms with Crippen LogP contribution in [-0.2, 0) is 36.8 Å². The predicted molar refractivity (Wildman–Crippen MR) is 126 cm³/mol. The van der Waals surface area contributed by atoms with Crippen molar-refractivity contribution in [1.29, 1.82) is 0 Å². The fourth-order valence-corrected chi connectivity index (χ4v) is 4.93. The second-order valence-corrected chi connectivity index (χ2v) is 8.97. The topological polar surface area (TPSA) is 106 Å². The maximum absolute atomic E-state index is 13.3. The van der Waals surface area contributed by atoms with Gasteiger partial charge in [-0.1, -0.05) is 6.07 Å². The van der Waals surface area contributed by atoms with Gasteiger partial charge in [0.25, 0.3) is 0 Å². The number of nitrogens with one attached hydrogen (secondary N) is 1. The van der Waals surface area contributed by atoms with E-state index in [-0.39, 0.29) is 42.0 Å². The van der Waals surface area contributed by atoms with Crippen LogP contribution in [0, 0.1) is 5.92 Å². The molecule has 34 heavy (non-hydrogen) atoms. The number of likely N-dealkylation sites (tertiary alicyclic amines) is 1. The average Bonchev–Trinajstić information content (AvgIpc) is 3.19. The lowest BCUT2D eigenvalue weighted by molar-refractivity contribution is -0.145. The number of anilines is 1. The van der Waals surface area contributed by atoms with Gasteiger partial charge in [-0.05, 0) is 75.3 Å². The highest BCUT2D eigenvalue weighted by Crippen LogP contribution is 2.30. The summed E-state index contributed by atoms with van der Waals surface area (Å²) >= 11 is 0. The summed E-state index contributed by atoms with van der Waals surface area (Å²) in [5.41, 5.74) is 2.45. The van der Waals surface area contributed by atoms with Gasteiger partial charge in [-0.15, -0.1) is 0 Å². The molecule has 2 aliphatic heterocycles. The number of allylic oxidation sites excluding steroid dienone is 3. The number of fused-ring (bicyclic) bond motifs is 1. The number of pyridine rings is 1. The van der Waals surface area contributed by atoms with E-state index in [2.05, 4.69) is 17.4 Å². The fourth-order valence-electron chi connectivity index (χ4n) is 4.93. The molecule has 8 heteroatoms. The highest BCUT2D eigenvalue weighted by atomic mass is 16.5. The zero-order chi connectivity index (χ0) is 24.1. The third-order valence-electron chi connectivity index (χ3n) is 6.67. The number of hydrogen-bond donors (Lipinski definition) is 1. The molecule has 0 aromatic carbocycles. The number of carbonyl (C=O) groups is 4. The maximum Gasteiger partial charge on any atom is 0.308 e. The molecular weight excluding hydrogens is 434 g/mol. The first-order chi connectivity index (χ1) is 16.5. The Morgan fingerprint density at radius 3 is 2.94 bits per heavy atom. The molecule has 180 valence electrons. The van der Waals surface area contributed by atoms with E-state index in [0.717, 1.165) is 43.7 Å². The van der Waals surface area contributed by atoms with E-state index < -0.39 is 12.0 Å². The number of esters is 1. The molecule has 2 atom stereocenters. The minimum atomic E-state index is -0.786. The Morgan fingerprint density at radius 1 is 1.26 bits per heavy atom. The van der Waals surface area contributed by atoms with Gasteiger partial charge in [0.15, 0.2) is 11.6 Å². The molecule has 1 amide bonds. The molecule has 1 saturated heterocycles. The lowest BCUT2D eigenvalue weighted by atomic mass is 9.93. The third-order valence-corrected chi connectivity index (χ3v) is 6.67. The molecule has 0 saturated carbocycles. The van der Waals surface area contributed by atoms with E-state index in [9.17, 15) is 19.2 Å². The molecule has 0 radical (unpaired) electrons. The fraction of sp³-hybridized carbons (Fsp3) is 0.500. The highest BCUT2D eigenvalue weighted by Gasteiger charge is 2.39. The lowest BCUT2D eigenvalue weighted by Gasteiger charge is -2.29. The van der Waals surface area contributed by atoms with Gasteiger partial charge in [0, 0.05) is 30.3 Å². The van der Waals surface area contributed by atoms with Crippen LogP contribution in [0.15, 0.2) is 35.9 Å². The van der Waals surface area contributed by atoms with Crippen LogP contribution in [-0.4, -0.2) is 59.1 Å². The number of ketones is 2. The van der Waals surface area contributed by atoms with Gasteiger partial charge in [0.1, 0.15) is 5.82 Å². The Hall–Kier alpha value is -3.29. The molecule has 1 aromatic rings. The predicted octanol–water partition coefficient (Wildman–Crippen LogP) is 2.57. The zero-order valence-corrected chi connectivity index (χ0v) is 19.5. The molecule has 1 aliphatic carbocycles. The summed E-state index contributed by atoms with van der Waals surface area (Å²) in [6.45, 7) is 3.30. The van der Waals surface area contributed by atoms with E-state index in [1.807, 2.05) is 0 Å². The Bertz CT molecular complexity index is 1040. The molecule has 4 rings (SSSR count). The SMILES string of the molecule is CCOC(=O)CC(C1=CC(=O)C=CC1=O)N1CCC(CCCc2ccc3c(n2)NCCC3)C1=O. The van der Waals surface area contributed by atoms with Gasteiger partial charge in [-0.3, -0.25) is 19.2 Å². The number of hydrogen-bond acceptors (Lipinski definition) is 7. The molecular formula is C26H31N3O5. The van der Waals surface area contributed by atoms with Crippen LogP contribution >= 0.6 is 0 Å². The van der Waals surface area contributed by atoms with Crippen molar-refractivity contribution in [1.82, 2.24) is 9.88 Å². The normalized spacial score (nSPS) is 20.6. The number of rotatable bonds is 9. The molecule has 0 spiro atoms. The first-order valence-electron chi connectivity index (χ1n) is 12.1. The highest BCUT2D eigenvalue weighted by molar-refractivity contribution is 6.18. The van der Waals surface area contributed by atoms with E-state index in [1.165, 1.54) is 23.8 Å². The Morgan fingerprint density at radius 2 is 2.12 bits per heavy atom. The second-order valence-electron chi connectivity index (χ2n) is 8.97. The van der Waals surface area contributed by atoms with Crippen LogP contribution in [0.4, 0.5) is 5.82 Å². The van der Waals surface area contributed by atoms with Crippen LogP contribution in [0.1, 0.15) is 50.3 Å². The van der Waals surface area contributed by atoms with Gasteiger partial charge in [0.05, 0.1) is 19.1 Å². The van der Waals surface area contributed by atoms with E-state index >= 15 is 0 Å².